The Balaban J connectivity index is -0.0000000708. The van der Waals surface area contributed by atoms with Crippen molar-refractivity contribution in [3.05, 3.63) is 12.2 Å². The second-order valence-electron chi connectivity index (χ2n) is 1.69. The number of rotatable bonds is 1. The summed E-state index contributed by atoms with van der Waals surface area (Å²) in [6, 6.07) is 0. The maximum atomic E-state index is 6.85. The number of amidine groups is 1. The predicted octanol–water partition coefficient (Wildman–Crippen LogP) is 4.71. The number of nitrogens with zero attached hydrogens (tertiary/aromatic N) is 1. The lowest BCUT2D eigenvalue weighted by Crippen LogP contribution is -1.82. The molecule has 2 nitrogen and oxygen atoms in total. The Bertz CT molecular complexity index is 119. The molecule has 0 heterocycles. The molecule has 0 unspecified atom stereocenters. The topological polar surface area (TPSA) is 36.2 Å². The highest BCUT2D eigenvalue weighted by atomic mass is 14.8. The van der Waals surface area contributed by atoms with E-state index < -0.39 is 0 Å². The van der Waals surface area contributed by atoms with Gasteiger partial charge in [-0.1, -0.05) is 48.1 Å². The van der Waals surface area contributed by atoms with E-state index in [-0.39, 0.29) is 0 Å². The number of aliphatic imine (C=N–C) groups is 1. The lowest BCUT2D eigenvalue weighted by atomic mass is 10.4. The zero-order valence-electron chi connectivity index (χ0n) is 11.2. The lowest BCUT2D eigenvalue weighted by molar-refractivity contribution is 1.41. The molecule has 1 N–H and O–H groups in total. The normalized spacial score (nSPS) is 6.86. The van der Waals surface area contributed by atoms with Gasteiger partial charge in [-0.2, -0.15) is 0 Å². The van der Waals surface area contributed by atoms with Crippen molar-refractivity contribution >= 4 is 12.1 Å². The van der Waals surface area contributed by atoms with Crippen LogP contribution in [0.25, 0.3) is 0 Å². The van der Waals surface area contributed by atoms with Crippen molar-refractivity contribution in [3.63, 3.8) is 0 Å². The van der Waals surface area contributed by atoms with E-state index in [1.165, 1.54) is 0 Å². The first-order chi connectivity index (χ1) is 6.63. The van der Waals surface area contributed by atoms with Crippen LogP contribution >= 0.6 is 0 Å². The SMILES string of the molecule is C=C(C)C=NC(C)=N.CC.CC.CC. The van der Waals surface area contributed by atoms with E-state index in [0.717, 1.165) is 5.57 Å². The molecule has 0 aliphatic rings. The Morgan fingerprint density at radius 2 is 1.29 bits per heavy atom. The maximum absolute atomic E-state index is 6.85. The highest BCUT2D eigenvalue weighted by Gasteiger charge is 1.75. The number of hydrogen-bond acceptors (Lipinski definition) is 1. The van der Waals surface area contributed by atoms with Crippen molar-refractivity contribution in [1.82, 2.24) is 0 Å². The summed E-state index contributed by atoms with van der Waals surface area (Å²) in [7, 11) is 0. The Kier molecular flexibility index (Phi) is 48.9. The molecule has 0 saturated carbocycles. The molecule has 0 aromatic carbocycles. The summed E-state index contributed by atoms with van der Waals surface area (Å²) in [4.78, 5) is 3.68. The molecule has 0 amide bonds. The standard InChI is InChI=1S/C6H10N2.3C2H6/c1-5(2)4-8-6(3)7;3*1-2/h4,7H,1H2,2-3H3;3*1-2H3. The number of hydrogen-bond donors (Lipinski definition) is 1. The van der Waals surface area contributed by atoms with Crippen molar-refractivity contribution in [1.29, 1.82) is 5.41 Å². The molecule has 0 aromatic rings. The Morgan fingerprint density at radius 1 is 1.00 bits per heavy atom. The summed E-state index contributed by atoms with van der Waals surface area (Å²) in [5.74, 6) is 0.313. The van der Waals surface area contributed by atoms with E-state index in [1.54, 1.807) is 13.1 Å². The second-order valence-corrected chi connectivity index (χ2v) is 1.69. The van der Waals surface area contributed by atoms with Crippen molar-refractivity contribution in [2.75, 3.05) is 0 Å². The van der Waals surface area contributed by atoms with Gasteiger partial charge in [0, 0.05) is 6.21 Å². The molecule has 0 bridgehead atoms. The smallest absolute Gasteiger partial charge is 0.117 e. The van der Waals surface area contributed by atoms with Crippen molar-refractivity contribution in [2.45, 2.75) is 55.4 Å². The molecule has 0 fully saturated rings. The van der Waals surface area contributed by atoms with Gasteiger partial charge in [-0.25, -0.2) is 4.99 Å². The van der Waals surface area contributed by atoms with E-state index in [1.807, 2.05) is 48.5 Å². The van der Waals surface area contributed by atoms with E-state index in [9.17, 15) is 0 Å². The van der Waals surface area contributed by atoms with Crippen LogP contribution in [0.15, 0.2) is 17.1 Å². The summed E-state index contributed by atoms with van der Waals surface area (Å²) in [6.45, 7) is 19.0. The molecule has 0 radical (unpaired) electrons. The molecule has 2 heteroatoms. The van der Waals surface area contributed by atoms with E-state index in [0.29, 0.717) is 5.84 Å². The van der Waals surface area contributed by atoms with Crippen LogP contribution in [0, 0.1) is 5.41 Å². The summed E-state index contributed by atoms with van der Waals surface area (Å²) in [5.41, 5.74) is 0.872. The predicted molar refractivity (Wildman–Crippen MR) is 70.8 cm³/mol. The molecular weight excluding hydrogens is 172 g/mol. The minimum absolute atomic E-state index is 0.313. The van der Waals surface area contributed by atoms with Gasteiger partial charge in [0.05, 0.1) is 0 Å². The van der Waals surface area contributed by atoms with E-state index in [2.05, 4.69) is 11.6 Å². The first-order valence-electron chi connectivity index (χ1n) is 5.37. The summed E-state index contributed by atoms with van der Waals surface area (Å²) >= 11 is 0. The number of allylic oxidation sites excluding steroid dienone is 1. The fourth-order valence-corrected chi connectivity index (χ4v) is 0.207. The van der Waals surface area contributed by atoms with Crippen molar-refractivity contribution in [3.8, 4) is 0 Å². The van der Waals surface area contributed by atoms with Crippen LogP contribution in [0.5, 0.6) is 0 Å². The Morgan fingerprint density at radius 3 is 1.36 bits per heavy atom. The molecule has 0 aliphatic carbocycles. The fourth-order valence-electron chi connectivity index (χ4n) is 0.207. The van der Waals surface area contributed by atoms with Crippen LogP contribution in [0.1, 0.15) is 55.4 Å². The minimum atomic E-state index is 0.313. The van der Waals surface area contributed by atoms with E-state index >= 15 is 0 Å². The number of nitrogens with one attached hydrogen (secondary N) is 1. The minimum Gasteiger partial charge on any atom is -0.287 e. The Labute approximate surface area is 90.7 Å². The highest BCUT2D eigenvalue weighted by Crippen LogP contribution is 1.79. The van der Waals surface area contributed by atoms with Gasteiger partial charge in [0.15, 0.2) is 0 Å². The zero-order chi connectivity index (χ0) is 12.6. The molecule has 0 saturated heterocycles. The molecule has 14 heavy (non-hydrogen) atoms. The van der Waals surface area contributed by atoms with Gasteiger partial charge in [0.2, 0.25) is 0 Å². The third kappa shape index (κ3) is 67.6. The molecule has 86 valence electrons. The van der Waals surface area contributed by atoms with Gasteiger partial charge in [-0.3, -0.25) is 5.41 Å². The Hall–Kier alpha value is -0.920. The fraction of sp³-hybridized carbons (Fsp3) is 0.667. The van der Waals surface area contributed by atoms with Crippen molar-refractivity contribution < 1.29 is 0 Å². The highest BCUT2D eigenvalue weighted by molar-refractivity contribution is 5.90. The molecule has 0 aromatic heterocycles. The first-order valence-corrected chi connectivity index (χ1v) is 5.37. The van der Waals surface area contributed by atoms with Gasteiger partial charge in [-0.15, -0.1) is 0 Å². The maximum Gasteiger partial charge on any atom is 0.117 e. The van der Waals surface area contributed by atoms with Gasteiger partial charge in [-0.05, 0) is 19.4 Å². The van der Waals surface area contributed by atoms with Crippen LogP contribution in [0.3, 0.4) is 0 Å². The van der Waals surface area contributed by atoms with Gasteiger partial charge in [0.25, 0.3) is 0 Å². The molecular formula is C12H28N2. The van der Waals surface area contributed by atoms with Gasteiger partial charge < -0.3 is 0 Å². The summed E-state index contributed by atoms with van der Waals surface area (Å²) in [5, 5.41) is 6.85. The third-order valence-corrected chi connectivity index (χ3v) is 0.479. The quantitative estimate of drug-likeness (QED) is 0.470. The lowest BCUT2D eigenvalue weighted by Gasteiger charge is -1.82. The van der Waals surface area contributed by atoms with Crippen LogP contribution in [-0.2, 0) is 0 Å². The monoisotopic (exact) mass is 200 g/mol. The van der Waals surface area contributed by atoms with Crippen LogP contribution in [0.4, 0.5) is 0 Å². The average Bonchev–Trinajstić information content (AvgIpc) is 2.24. The van der Waals surface area contributed by atoms with Crippen LogP contribution in [0.2, 0.25) is 0 Å². The van der Waals surface area contributed by atoms with E-state index in [4.69, 9.17) is 5.41 Å². The third-order valence-electron chi connectivity index (χ3n) is 0.479. The van der Waals surface area contributed by atoms with Crippen LogP contribution in [-0.4, -0.2) is 12.1 Å². The second kappa shape index (κ2) is 29.6. The largest absolute Gasteiger partial charge is 0.287 e. The molecule has 0 rings (SSSR count). The van der Waals surface area contributed by atoms with Crippen molar-refractivity contribution in [2.24, 2.45) is 4.99 Å². The molecule has 0 atom stereocenters. The summed E-state index contributed by atoms with van der Waals surface area (Å²) < 4.78 is 0. The zero-order valence-corrected chi connectivity index (χ0v) is 11.2. The summed E-state index contributed by atoms with van der Waals surface area (Å²) in [6.07, 6.45) is 1.57. The molecule has 0 aliphatic heterocycles. The van der Waals surface area contributed by atoms with Gasteiger partial charge in [0.1, 0.15) is 5.84 Å². The average molecular weight is 200 g/mol. The first kappa shape index (κ1) is 23.2. The molecule has 0 spiro atoms. The van der Waals surface area contributed by atoms with Gasteiger partial charge >= 0.3 is 0 Å². The van der Waals surface area contributed by atoms with Crippen LogP contribution < -0.4 is 0 Å².